The Hall–Kier alpha value is -2.30. The lowest BCUT2D eigenvalue weighted by Crippen LogP contribution is -2.51. The summed E-state index contributed by atoms with van der Waals surface area (Å²) in [6, 6.07) is 6.73. The zero-order valence-electron chi connectivity index (χ0n) is 23.1. The standard InChI is InChI=1S/C31H30Cl2F3N3O3.ClH/c32-21-5-6-23(25(33)13-21)30(41)27-24(31(34,35)36)11-20(28-37-7-8-42-28)12-26(27)39(29(30)40)16-19-9-22(10-19)38(14-17-1-2-17)15-18-3-4-18;/h5-8,11-13,17-19,22,41H,1-4,9-10,14-16H2;1H. The Morgan fingerprint density at radius 2 is 1.72 bits per heavy atom. The van der Waals surface area contributed by atoms with Crippen LogP contribution in [0.4, 0.5) is 18.9 Å². The van der Waals surface area contributed by atoms with Crippen LogP contribution in [0.1, 0.15) is 55.2 Å². The number of hydrogen-bond donors (Lipinski definition) is 1. The number of nitrogens with zero attached hydrogens (tertiary/aromatic N) is 3. The molecule has 43 heavy (non-hydrogen) atoms. The van der Waals surface area contributed by atoms with Gasteiger partial charge in [-0.05, 0) is 80.5 Å². The van der Waals surface area contributed by atoms with Gasteiger partial charge in [0.25, 0.3) is 5.91 Å². The summed E-state index contributed by atoms with van der Waals surface area (Å²) in [5.41, 5.74) is -4.47. The molecule has 3 fully saturated rings. The number of anilines is 1. The number of benzene rings is 2. The first kappa shape index (κ1) is 30.7. The molecule has 1 unspecified atom stereocenters. The zero-order chi connectivity index (χ0) is 29.4. The number of rotatable bonds is 9. The number of aliphatic hydroxyl groups is 1. The van der Waals surface area contributed by atoms with Crippen LogP contribution >= 0.6 is 35.6 Å². The highest BCUT2D eigenvalue weighted by Gasteiger charge is 2.57. The molecule has 1 aromatic heterocycles. The van der Waals surface area contributed by atoms with Crippen molar-refractivity contribution in [2.24, 2.45) is 17.8 Å². The number of alkyl halides is 3. The van der Waals surface area contributed by atoms with Gasteiger partial charge in [-0.25, -0.2) is 4.98 Å². The van der Waals surface area contributed by atoms with Crippen LogP contribution in [0.3, 0.4) is 0 Å². The first-order valence-corrected chi connectivity index (χ1v) is 15.2. The lowest BCUT2D eigenvalue weighted by molar-refractivity contribution is -0.142. The number of carbonyl (C=O) groups excluding carboxylic acids is 1. The first-order valence-electron chi connectivity index (χ1n) is 14.4. The first-order chi connectivity index (χ1) is 20.0. The van der Waals surface area contributed by atoms with Crippen molar-refractivity contribution in [3.8, 4) is 11.5 Å². The number of hydrogen-bond acceptors (Lipinski definition) is 5. The van der Waals surface area contributed by atoms with Gasteiger partial charge in [0, 0.05) is 52.4 Å². The van der Waals surface area contributed by atoms with E-state index in [4.69, 9.17) is 27.6 Å². The van der Waals surface area contributed by atoms with Crippen LogP contribution in [0.5, 0.6) is 0 Å². The van der Waals surface area contributed by atoms with Gasteiger partial charge in [-0.3, -0.25) is 9.69 Å². The van der Waals surface area contributed by atoms with E-state index in [0.29, 0.717) is 6.04 Å². The summed E-state index contributed by atoms with van der Waals surface area (Å²) in [6.07, 6.45) is 4.51. The molecule has 0 saturated heterocycles. The van der Waals surface area contributed by atoms with Crippen molar-refractivity contribution in [2.75, 3.05) is 24.5 Å². The molecule has 2 aromatic carbocycles. The summed E-state index contributed by atoms with van der Waals surface area (Å²) in [4.78, 5) is 22.1. The van der Waals surface area contributed by atoms with E-state index < -0.39 is 28.8 Å². The highest BCUT2D eigenvalue weighted by molar-refractivity contribution is 6.35. The summed E-state index contributed by atoms with van der Waals surface area (Å²) >= 11 is 12.5. The second-order valence-electron chi connectivity index (χ2n) is 12.3. The molecule has 1 amide bonds. The Kier molecular flexibility index (Phi) is 8.04. The molecule has 6 nitrogen and oxygen atoms in total. The second kappa shape index (κ2) is 11.2. The van der Waals surface area contributed by atoms with E-state index >= 15 is 0 Å². The van der Waals surface area contributed by atoms with Crippen molar-refractivity contribution in [1.82, 2.24) is 9.88 Å². The quantitative estimate of drug-likeness (QED) is 0.257. The number of halogens is 6. The molecule has 7 rings (SSSR count). The molecule has 3 saturated carbocycles. The molecule has 4 aliphatic rings. The summed E-state index contributed by atoms with van der Waals surface area (Å²) in [5.74, 6) is 0.727. The highest BCUT2D eigenvalue weighted by atomic mass is 35.5. The molecular weight excluding hydrogens is 626 g/mol. The van der Waals surface area contributed by atoms with E-state index in [1.165, 1.54) is 67.3 Å². The molecule has 0 radical (unpaired) electrons. The van der Waals surface area contributed by atoms with Gasteiger partial charge in [-0.1, -0.05) is 29.3 Å². The van der Waals surface area contributed by atoms with E-state index in [1.807, 2.05) is 0 Å². The summed E-state index contributed by atoms with van der Waals surface area (Å²) in [7, 11) is 0. The molecule has 3 aliphatic carbocycles. The molecule has 230 valence electrons. The van der Waals surface area contributed by atoms with Gasteiger partial charge < -0.3 is 14.4 Å². The van der Waals surface area contributed by atoms with E-state index in [0.717, 1.165) is 43.8 Å². The minimum absolute atomic E-state index is 0. The maximum absolute atomic E-state index is 14.7. The third-order valence-corrected chi connectivity index (χ3v) is 9.73. The number of amides is 1. The minimum Gasteiger partial charge on any atom is -0.445 e. The van der Waals surface area contributed by atoms with Crippen molar-refractivity contribution < 1.29 is 27.5 Å². The minimum atomic E-state index is -4.90. The topological polar surface area (TPSA) is 69.8 Å². The Morgan fingerprint density at radius 3 is 2.28 bits per heavy atom. The summed E-state index contributed by atoms with van der Waals surface area (Å²) in [6.45, 7) is 2.38. The van der Waals surface area contributed by atoms with Crippen LogP contribution in [0.15, 0.2) is 47.2 Å². The monoisotopic (exact) mass is 655 g/mol. The molecule has 0 spiro atoms. The fraction of sp³-hybridized carbons (Fsp3) is 0.484. The van der Waals surface area contributed by atoms with Gasteiger partial charge in [0.05, 0.1) is 17.4 Å². The van der Waals surface area contributed by atoms with Gasteiger partial charge in [0.2, 0.25) is 5.89 Å². The van der Waals surface area contributed by atoms with E-state index in [-0.39, 0.29) is 57.6 Å². The number of aromatic nitrogens is 1. The van der Waals surface area contributed by atoms with E-state index in [1.54, 1.807) is 0 Å². The largest absolute Gasteiger partial charge is 0.445 e. The fourth-order valence-electron chi connectivity index (χ4n) is 6.60. The second-order valence-corrected chi connectivity index (χ2v) is 13.2. The average molecular weight is 657 g/mol. The van der Waals surface area contributed by atoms with Crippen LogP contribution in [-0.4, -0.2) is 46.6 Å². The molecule has 12 heteroatoms. The SMILES string of the molecule is Cl.O=C1N(CC2CC(N(CC3CC3)CC3CC3)C2)c2cc(-c3ncco3)cc(C(F)(F)F)c2C1(O)c1ccc(Cl)cc1Cl. The molecular formula is C31H31Cl3F3N3O3. The maximum Gasteiger partial charge on any atom is 0.416 e. The van der Waals surface area contributed by atoms with Crippen molar-refractivity contribution >= 4 is 47.2 Å². The van der Waals surface area contributed by atoms with E-state index in [2.05, 4.69) is 9.88 Å². The van der Waals surface area contributed by atoms with Crippen molar-refractivity contribution in [2.45, 2.75) is 56.3 Å². The van der Waals surface area contributed by atoms with Crippen LogP contribution in [0.2, 0.25) is 10.0 Å². The van der Waals surface area contributed by atoms with Crippen LogP contribution in [0.25, 0.3) is 11.5 Å². The smallest absolute Gasteiger partial charge is 0.416 e. The number of oxazole rings is 1. The molecule has 3 aromatic rings. The van der Waals surface area contributed by atoms with Gasteiger partial charge in [0.1, 0.15) is 6.26 Å². The van der Waals surface area contributed by atoms with Gasteiger partial charge in [-0.15, -0.1) is 12.4 Å². The zero-order valence-corrected chi connectivity index (χ0v) is 25.4. The normalized spacial score (nSPS) is 25.1. The van der Waals surface area contributed by atoms with Crippen molar-refractivity contribution in [3.63, 3.8) is 0 Å². The predicted octanol–water partition coefficient (Wildman–Crippen LogP) is 7.57. The third kappa shape index (κ3) is 5.68. The Morgan fingerprint density at radius 1 is 1.05 bits per heavy atom. The summed E-state index contributed by atoms with van der Waals surface area (Å²) < 4.78 is 49.4. The van der Waals surface area contributed by atoms with E-state index in [9.17, 15) is 23.1 Å². The molecule has 1 atom stereocenters. The van der Waals surface area contributed by atoms with Gasteiger partial charge in [-0.2, -0.15) is 13.2 Å². The van der Waals surface area contributed by atoms with Crippen LogP contribution in [0, 0.1) is 17.8 Å². The fourth-order valence-corrected chi connectivity index (χ4v) is 7.15. The molecule has 0 bridgehead atoms. The molecule has 1 N–H and O–H groups in total. The van der Waals surface area contributed by atoms with Gasteiger partial charge >= 0.3 is 6.18 Å². The molecule has 1 aliphatic heterocycles. The van der Waals surface area contributed by atoms with Gasteiger partial charge in [0.15, 0.2) is 5.60 Å². The maximum atomic E-state index is 14.7. The lowest BCUT2D eigenvalue weighted by atomic mass is 9.78. The Bertz CT molecular complexity index is 1510. The lowest BCUT2D eigenvalue weighted by Gasteiger charge is -2.44. The number of fused-ring (bicyclic) bond motifs is 1. The Balaban J connectivity index is 0.00000329. The Labute approximate surface area is 263 Å². The average Bonchev–Trinajstić information content (AvgIpc) is 3.83. The van der Waals surface area contributed by atoms with Crippen molar-refractivity contribution in [3.05, 3.63) is 69.5 Å². The predicted molar refractivity (Wildman–Crippen MR) is 160 cm³/mol. The molecule has 2 heterocycles. The number of carbonyl (C=O) groups is 1. The summed E-state index contributed by atoms with van der Waals surface area (Å²) in [5, 5.41) is 12.2. The van der Waals surface area contributed by atoms with Crippen LogP contribution < -0.4 is 4.90 Å². The van der Waals surface area contributed by atoms with Crippen LogP contribution in [-0.2, 0) is 16.6 Å². The van der Waals surface area contributed by atoms with Crippen molar-refractivity contribution in [1.29, 1.82) is 0 Å². The highest BCUT2D eigenvalue weighted by Crippen LogP contribution is 2.53. The third-order valence-electron chi connectivity index (χ3n) is 9.18.